The maximum atomic E-state index is 12.8. The highest BCUT2D eigenvalue weighted by Crippen LogP contribution is 2.22. The Morgan fingerprint density at radius 3 is 1.55 bits per heavy atom. The molecule has 0 fully saturated rings. The van der Waals surface area contributed by atoms with E-state index < -0.39 is 8.32 Å². The summed E-state index contributed by atoms with van der Waals surface area (Å²) in [7, 11) is 0.262. The Hall–Kier alpha value is -6.15. The number of isocyanates is 2. The van der Waals surface area contributed by atoms with Crippen LogP contribution in [0.15, 0.2) is 147 Å². The maximum absolute atomic E-state index is 12.8. The third kappa shape index (κ3) is 12.7. The van der Waals surface area contributed by atoms with Crippen LogP contribution in [0.25, 0.3) is 11.1 Å². The van der Waals surface area contributed by atoms with Crippen LogP contribution in [0.5, 0.6) is 5.75 Å². The van der Waals surface area contributed by atoms with Crippen molar-refractivity contribution in [2.75, 3.05) is 13.7 Å². The highest BCUT2D eigenvalue weighted by Gasteiger charge is 2.19. The smallest absolute Gasteiger partial charge is 0.240 e. The van der Waals surface area contributed by atoms with Gasteiger partial charge in [-0.3, -0.25) is 14.8 Å². The number of hydrogen-bond acceptors (Lipinski definition) is 9. The molecule has 0 heterocycles. The van der Waals surface area contributed by atoms with E-state index in [0.29, 0.717) is 40.5 Å². The number of ether oxygens (including phenoxy) is 1. The second kappa shape index (κ2) is 19.7. The van der Waals surface area contributed by atoms with Gasteiger partial charge in [0, 0.05) is 30.7 Å². The summed E-state index contributed by atoms with van der Waals surface area (Å²) >= 11 is 0. The quantitative estimate of drug-likeness (QED) is 0.0377. The van der Waals surface area contributed by atoms with E-state index in [1.165, 1.54) is 12.2 Å². The largest absolute Gasteiger partial charge is 0.494 e. The number of hydrogen-bond donors (Lipinski definition) is 0. The van der Waals surface area contributed by atoms with Gasteiger partial charge >= 0.3 is 0 Å². The fourth-order valence-corrected chi connectivity index (χ4v) is 5.87. The topological polar surface area (TPSA) is 119 Å². The van der Waals surface area contributed by atoms with Crippen molar-refractivity contribution in [2.24, 2.45) is 20.0 Å². The lowest BCUT2D eigenvalue weighted by molar-refractivity contribution is 0.103. The van der Waals surface area contributed by atoms with Gasteiger partial charge in [-0.1, -0.05) is 54.6 Å². The highest BCUT2D eigenvalue weighted by atomic mass is 28.4. The Labute approximate surface area is 298 Å². The minimum absolute atomic E-state index is 0.0176. The molecule has 0 N–H and O–H groups in total. The van der Waals surface area contributed by atoms with E-state index in [9.17, 15) is 14.4 Å². The van der Waals surface area contributed by atoms with Crippen molar-refractivity contribution in [3.8, 4) is 16.9 Å². The second-order valence-electron chi connectivity index (χ2n) is 11.7. The third-order valence-corrected chi connectivity index (χ3v) is 10.3. The molecule has 0 aliphatic rings. The molecule has 0 saturated carbocycles. The first-order valence-electron chi connectivity index (χ1n) is 16.2. The van der Waals surface area contributed by atoms with Crippen molar-refractivity contribution in [2.45, 2.75) is 25.6 Å². The lowest BCUT2D eigenvalue weighted by Crippen LogP contribution is -2.28. The normalized spacial score (nSPS) is 10.9. The highest BCUT2D eigenvalue weighted by molar-refractivity contribution is 6.71. The summed E-state index contributed by atoms with van der Waals surface area (Å²) in [5.74, 6) is 0.807. The first-order valence-corrected chi connectivity index (χ1v) is 19.3. The fourth-order valence-electron chi connectivity index (χ4n) is 4.67. The molecule has 0 amide bonds. The van der Waals surface area contributed by atoms with Crippen LogP contribution in [0, 0.1) is 0 Å². The lowest BCUT2D eigenvalue weighted by Gasteiger charge is -2.19. The zero-order chi connectivity index (χ0) is 36.3. The van der Waals surface area contributed by atoms with Gasteiger partial charge in [0.25, 0.3) is 0 Å². The van der Waals surface area contributed by atoms with Gasteiger partial charge in [-0.25, -0.2) is 9.59 Å². The predicted molar refractivity (Wildman–Crippen MR) is 206 cm³/mol. The average Bonchev–Trinajstić information content (AvgIpc) is 3.17. The molecule has 51 heavy (non-hydrogen) atoms. The Balaban J connectivity index is 0.000000238. The van der Waals surface area contributed by atoms with Gasteiger partial charge in [0.1, 0.15) is 5.75 Å². The molecule has 256 valence electrons. The standard InChI is InChI=1S/C25H28O3Si.C16H10N4O2/c1-27-29(2,3)19-7-18-28-24-16-14-23(15-17-24)25(26)22-12-10-21(11-13-22)20-8-5-4-6-9-20;21-11-19-15-5-1-13(2-6-15)17-9-10-18-14-3-7-16(8-4-14)20-12-22/h4-6,8-17H,7,18-19H2,1-3H3;1-10H. The van der Waals surface area contributed by atoms with E-state index in [-0.39, 0.29) is 5.78 Å². The van der Waals surface area contributed by atoms with Gasteiger partial charge in [-0.15, -0.1) is 0 Å². The Bertz CT molecular complexity index is 1930. The van der Waals surface area contributed by atoms with Crippen molar-refractivity contribution in [1.82, 2.24) is 0 Å². The van der Waals surface area contributed by atoms with Gasteiger partial charge in [0.05, 0.1) is 29.4 Å². The van der Waals surface area contributed by atoms with Gasteiger partial charge in [0.2, 0.25) is 12.2 Å². The van der Waals surface area contributed by atoms with Crippen LogP contribution in [0.1, 0.15) is 22.3 Å². The number of rotatable bonds is 14. The summed E-state index contributed by atoms with van der Waals surface area (Å²) in [5, 5.41) is 0. The molecule has 10 heteroatoms. The summed E-state index contributed by atoms with van der Waals surface area (Å²) in [5.41, 5.74) is 6.08. The minimum Gasteiger partial charge on any atom is -0.494 e. The molecule has 5 rings (SSSR count). The third-order valence-electron chi connectivity index (χ3n) is 7.68. The molecule has 5 aromatic carbocycles. The lowest BCUT2D eigenvalue weighted by atomic mass is 9.99. The maximum Gasteiger partial charge on any atom is 0.240 e. The molecule has 5 aromatic rings. The van der Waals surface area contributed by atoms with Gasteiger partial charge in [0.15, 0.2) is 14.1 Å². The molecule has 0 radical (unpaired) electrons. The number of benzene rings is 5. The molecular weight excluding hydrogens is 657 g/mol. The Morgan fingerprint density at radius 2 is 1.08 bits per heavy atom. The Kier molecular flexibility index (Phi) is 14.6. The number of aliphatic imine (C=N–C) groups is 4. The molecule has 0 aliphatic heterocycles. The monoisotopic (exact) mass is 694 g/mol. The van der Waals surface area contributed by atoms with Gasteiger partial charge < -0.3 is 9.16 Å². The summed E-state index contributed by atoms with van der Waals surface area (Å²) in [6.07, 6.45) is 7.02. The van der Waals surface area contributed by atoms with Gasteiger partial charge in [-0.2, -0.15) is 9.98 Å². The van der Waals surface area contributed by atoms with Gasteiger partial charge in [-0.05, 0) is 109 Å². The molecule has 0 aliphatic carbocycles. The molecule has 0 spiro atoms. The summed E-state index contributed by atoms with van der Waals surface area (Å²) in [6.45, 7) is 5.08. The van der Waals surface area contributed by atoms with Crippen molar-refractivity contribution in [3.05, 3.63) is 139 Å². The van der Waals surface area contributed by atoms with Crippen LogP contribution in [0.3, 0.4) is 0 Å². The van der Waals surface area contributed by atoms with E-state index in [4.69, 9.17) is 9.16 Å². The van der Waals surface area contributed by atoms with Crippen LogP contribution in [0.2, 0.25) is 19.1 Å². The fraction of sp³-hybridized carbons (Fsp3) is 0.146. The van der Waals surface area contributed by atoms with E-state index in [2.05, 4.69) is 45.2 Å². The summed E-state index contributed by atoms with van der Waals surface area (Å²) in [4.78, 5) is 48.3. The van der Waals surface area contributed by atoms with Crippen molar-refractivity contribution in [1.29, 1.82) is 0 Å². The predicted octanol–water partition coefficient (Wildman–Crippen LogP) is 9.93. The number of nitrogens with zero attached hydrogens (tertiary/aromatic N) is 4. The van der Waals surface area contributed by atoms with Crippen LogP contribution in [-0.2, 0) is 14.0 Å². The van der Waals surface area contributed by atoms with Crippen molar-refractivity contribution in [3.63, 3.8) is 0 Å². The van der Waals surface area contributed by atoms with Crippen LogP contribution < -0.4 is 4.74 Å². The van der Waals surface area contributed by atoms with Crippen LogP contribution in [0.4, 0.5) is 22.7 Å². The SMILES string of the molecule is CO[Si](C)(C)CCCOc1ccc(C(=O)c2ccc(-c3ccccc3)cc2)cc1.O=C=Nc1ccc(N=CC=Nc2ccc(N=C=O)cc2)cc1. The first kappa shape index (κ1) is 37.7. The average molecular weight is 695 g/mol. The summed E-state index contributed by atoms with van der Waals surface area (Å²) < 4.78 is 11.4. The molecule has 0 unspecified atom stereocenters. The van der Waals surface area contributed by atoms with E-state index in [0.717, 1.165) is 29.3 Å². The van der Waals surface area contributed by atoms with Crippen LogP contribution in [-0.4, -0.2) is 52.4 Å². The Morgan fingerprint density at radius 1 is 0.627 bits per heavy atom. The van der Waals surface area contributed by atoms with E-state index >= 15 is 0 Å². The second-order valence-corrected chi connectivity index (χ2v) is 16.1. The van der Waals surface area contributed by atoms with E-state index in [1.54, 1.807) is 68.1 Å². The van der Waals surface area contributed by atoms with Crippen molar-refractivity contribution < 1.29 is 23.5 Å². The van der Waals surface area contributed by atoms with Crippen molar-refractivity contribution >= 4 is 61.4 Å². The summed E-state index contributed by atoms with van der Waals surface area (Å²) in [6, 6.07) is 39.9. The molecule has 9 nitrogen and oxygen atoms in total. The molecule has 0 aromatic heterocycles. The molecule has 0 bridgehead atoms. The van der Waals surface area contributed by atoms with E-state index in [1.807, 2.05) is 66.7 Å². The zero-order valence-corrected chi connectivity index (χ0v) is 29.7. The molecule has 0 atom stereocenters. The minimum atomic E-state index is -1.53. The van der Waals surface area contributed by atoms with Crippen LogP contribution >= 0.6 is 0 Å². The first-order chi connectivity index (χ1) is 24.8. The molecular formula is C41H38N4O5Si. The number of carbonyl (C=O) groups excluding carboxylic acids is 3. The molecule has 0 saturated heterocycles. The zero-order valence-electron chi connectivity index (χ0n) is 28.7. The number of ketones is 1. The number of carbonyl (C=O) groups is 1.